The second-order valence-corrected chi connectivity index (χ2v) is 15.5. The minimum Gasteiger partial charge on any atom is -0.256 e. The van der Waals surface area contributed by atoms with Gasteiger partial charge >= 0.3 is 0 Å². The topological polar surface area (TPSA) is 38.7 Å². The second-order valence-electron chi connectivity index (χ2n) is 14.3. The van der Waals surface area contributed by atoms with Crippen LogP contribution in [0.25, 0.3) is 67.1 Å². The van der Waals surface area contributed by atoms with E-state index in [1.807, 2.05) is 36.2 Å². The molecule has 0 N–H and O–H groups in total. The molecule has 6 aromatic carbocycles. The molecule has 2 aliphatic carbocycles. The molecule has 0 radical (unpaired) electrons. The molecule has 0 fully saturated rings. The Morgan fingerprint density at radius 2 is 1.15 bits per heavy atom. The fourth-order valence-corrected chi connectivity index (χ4v) is 10.5. The van der Waals surface area contributed by atoms with Gasteiger partial charge in [0.05, 0.1) is 22.3 Å². The predicted molar refractivity (Wildman–Crippen MR) is 222 cm³/mol. The van der Waals surface area contributed by atoms with Crippen molar-refractivity contribution in [3.8, 4) is 56.2 Å². The molecule has 1 aliphatic heterocycles. The van der Waals surface area contributed by atoms with Gasteiger partial charge in [0.2, 0.25) is 0 Å². The molecule has 2 aromatic heterocycles. The number of fused-ring (bicyclic) bond motifs is 10. The highest BCUT2D eigenvalue weighted by Gasteiger charge is 2.55. The van der Waals surface area contributed by atoms with Gasteiger partial charge in [-0.2, -0.15) is 0 Å². The van der Waals surface area contributed by atoms with Gasteiger partial charge < -0.3 is 0 Å². The normalized spacial score (nSPS) is 19.0. The molecular formula is C50H33N3S. The number of nitrogens with zero attached hydrogens (tertiary/aromatic N) is 3. The van der Waals surface area contributed by atoms with Crippen molar-refractivity contribution in [1.29, 1.82) is 0 Å². The van der Waals surface area contributed by atoms with Crippen LogP contribution in [0.5, 0.6) is 0 Å². The van der Waals surface area contributed by atoms with Gasteiger partial charge in [-0.05, 0) is 75.3 Å². The zero-order chi connectivity index (χ0) is 35.6. The standard InChI is InChI=1S/C50H33N3S/c1-3-13-32(14-4-1)45-31-46(33-15-5-2-6-16-33)53-49(52-45)35-25-27-38-37-26-24-34(36-17-11-21-44-39(36)18-12-28-51-44)29-42(37)50(43(38)30-35)40-19-7-9-22-47(40)54-48-23-10-8-20-41(48)50/h1-31,40,47H. The summed E-state index contributed by atoms with van der Waals surface area (Å²) >= 11 is 1.98. The van der Waals surface area contributed by atoms with Crippen LogP contribution in [0.15, 0.2) is 193 Å². The summed E-state index contributed by atoms with van der Waals surface area (Å²) in [7, 11) is 0. The largest absolute Gasteiger partial charge is 0.256 e. The van der Waals surface area contributed by atoms with Gasteiger partial charge in [-0.25, -0.2) is 9.97 Å². The molecule has 0 amide bonds. The average molecular weight is 708 g/mol. The van der Waals surface area contributed by atoms with Crippen LogP contribution in [-0.2, 0) is 5.41 Å². The molecule has 0 saturated heterocycles. The number of aromatic nitrogens is 3. The molecule has 54 heavy (non-hydrogen) atoms. The van der Waals surface area contributed by atoms with Crippen LogP contribution in [0.2, 0.25) is 0 Å². The van der Waals surface area contributed by atoms with E-state index in [2.05, 4.69) is 164 Å². The van der Waals surface area contributed by atoms with Crippen molar-refractivity contribution in [3.05, 3.63) is 205 Å². The van der Waals surface area contributed by atoms with E-state index in [1.165, 1.54) is 43.8 Å². The van der Waals surface area contributed by atoms with Crippen molar-refractivity contribution in [3.63, 3.8) is 0 Å². The Morgan fingerprint density at radius 3 is 1.91 bits per heavy atom. The molecule has 0 bridgehead atoms. The highest BCUT2D eigenvalue weighted by Crippen LogP contribution is 2.64. The van der Waals surface area contributed by atoms with E-state index in [4.69, 9.17) is 15.0 Å². The Labute approximate surface area is 318 Å². The summed E-state index contributed by atoms with van der Waals surface area (Å²) in [4.78, 5) is 16.6. The van der Waals surface area contributed by atoms with E-state index in [0.29, 0.717) is 0 Å². The van der Waals surface area contributed by atoms with Crippen molar-refractivity contribution in [1.82, 2.24) is 15.0 Å². The van der Waals surface area contributed by atoms with Crippen molar-refractivity contribution in [2.75, 3.05) is 0 Å². The molecule has 3 heterocycles. The van der Waals surface area contributed by atoms with E-state index in [9.17, 15) is 0 Å². The first-order valence-electron chi connectivity index (χ1n) is 18.5. The van der Waals surface area contributed by atoms with Crippen LogP contribution in [0.4, 0.5) is 0 Å². The zero-order valence-electron chi connectivity index (χ0n) is 29.3. The molecule has 0 saturated carbocycles. The molecule has 11 rings (SSSR count). The minimum absolute atomic E-state index is 0.193. The number of hydrogen-bond acceptors (Lipinski definition) is 4. The number of hydrogen-bond donors (Lipinski definition) is 0. The van der Waals surface area contributed by atoms with Crippen molar-refractivity contribution < 1.29 is 0 Å². The van der Waals surface area contributed by atoms with Gasteiger partial charge in [-0.1, -0.05) is 146 Å². The Kier molecular flexibility index (Phi) is 7.14. The monoisotopic (exact) mass is 707 g/mol. The second kappa shape index (κ2) is 12.4. The quantitative estimate of drug-likeness (QED) is 0.183. The number of pyridine rings is 1. The molecule has 254 valence electrons. The Hall–Kier alpha value is -6.36. The van der Waals surface area contributed by atoms with Crippen LogP contribution in [0, 0.1) is 5.92 Å². The van der Waals surface area contributed by atoms with Gasteiger partial charge in [-0.3, -0.25) is 4.98 Å². The predicted octanol–water partition coefficient (Wildman–Crippen LogP) is 12.2. The number of benzene rings is 6. The first-order valence-corrected chi connectivity index (χ1v) is 19.4. The summed E-state index contributed by atoms with van der Waals surface area (Å²) in [6.07, 6.45) is 11.2. The maximum absolute atomic E-state index is 5.27. The molecule has 3 atom stereocenters. The van der Waals surface area contributed by atoms with Crippen molar-refractivity contribution >= 4 is 22.7 Å². The third-order valence-corrected chi connectivity index (χ3v) is 12.8. The van der Waals surface area contributed by atoms with E-state index in [0.717, 1.165) is 44.8 Å². The van der Waals surface area contributed by atoms with Gasteiger partial charge in [0, 0.05) is 44.3 Å². The molecule has 4 heteroatoms. The smallest absolute Gasteiger partial charge is 0.160 e. The van der Waals surface area contributed by atoms with E-state index in [1.54, 1.807) is 0 Å². The molecule has 1 spiro atoms. The fraction of sp³-hybridized carbons (Fsp3) is 0.0600. The molecule has 3 unspecified atom stereocenters. The maximum atomic E-state index is 5.27. The number of rotatable bonds is 4. The van der Waals surface area contributed by atoms with Crippen LogP contribution < -0.4 is 0 Å². The molecule has 3 nitrogen and oxygen atoms in total. The number of thioether (sulfide) groups is 1. The lowest BCUT2D eigenvalue weighted by atomic mass is 9.61. The Bertz CT molecular complexity index is 2760. The lowest BCUT2D eigenvalue weighted by molar-refractivity contribution is 0.450. The summed E-state index contributed by atoms with van der Waals surface area (Å²) in [5.41, 5.74) is 14.5. The summed E-state index contributed by atoms with van der Waals surface area (Å²) in [5, 5.41) is 1.44. The van der Waals surface area contributed by atoms with Crippen LogP contribution >= 0.6 is 11.8 Å². The van der Waals surface area contributed by atoms with Gasteiger partial charge in [0.15, 0.2) is 5.82 Å². The van der Waals surface area contributed by atoms with Crippen LogP contribution in [-0.4, -0.2) is 20.2 Å². The summed E-state index contributed by atoms with van der Waals surface area (Å²) in [6.45, 7) is 0. The number of allylic oxidation sites excluding steroid dienone is 3. The van der Waals surface area contributed by atoms with Crippen molar-refractivity contribution in [2.45, 2.75) is 15.6 Å². The first kappa shape index (κ1) is 31.2. The highest BCUT2D eigenvalue weighted by atomic mass is 32.2. The maximum Gasteiger partial charge on any atom is 0.160 e. The first-order chi connectivity index (χ1) is 26.8. The summed E-state index contributed by atoms with van der Waals surface area (Å²) < 4.78 is 0. The van der Waals surface area contributed by atoms with Crippen molar-refractivity contribution in [2.24, 2.45) is 5.92 Å². The highest BCUT2D eigenvalue weighted by molar-refractivity contribution is 8.00. The average Bonchev–Trinajstić information content (AvgIpc) is 3.53. The Balaban J connectivity index is 1.18. The van der Waals surface area contributed by atoms with Gasteiger partial charge in [0.25, 0.3) is 0 Å². The lowest BCUT2D eigenvalue weighted by Gasteiger charge is -2.47. The van der Waals surface area contributed by atoms with Crippen LogP contribution in [0.3, 0.4) is 0 Å². The third-order valence-electron chi connectivity index (χ3n) is 11.4. The van der Waals surface area contributed by atoms with E-state index >= 15 is 0 Å². The van der Waals surface area contributed by atoms with E-state index < -0.39 is 5.41 Å². The molecular weight excluding hydrogens is 675 g/mol. The molecule has 8 aromatic rings. The SMILES string of the molecule is C1=CC2Sc3ccccc3C3(c4cc(-c5nc(-c6ccccc6)cc(-c6ccccc6)n5)ccc4-c4ccc(-c5cccc6ncccc56)cc43)C2C=C1. The Morgan fingerprint density at radius 1 is 0.481 bits per heavy atom. The lowest BCUT2D eigenvalue weighted by Crippen LogP contribution is -2.43. The molecule has 3 aliphatic rings. The zero-order valence-corrected chi connectivity index (χ0v) is 30.1. The van der Waals surface area contributed by atoms with Gasteiger partial charge in [0.1, 0.15) is 0 Å². The minimum atomic E-state index is -0.438. The summed E-state index contributed by atoms with van der Waals surface area (Å²) in [6, 6.07) is 56.8. The fourth-order valence-electron chi connectivity index (χ4n) is 9.07. The van der Waals surface area contributed by atoms with Gasteiger partial charge in [-0.15, -0.1) is 11.8 Å². The van der Waals surface area contributed by atoms with E-state index in [-0.39, 0.29) is 11.2 Å². The third kappa shape index (κ3) is 4.73. The van der Waals surface area contributed by atoms with Crippen LogP contribution in [0.1, 0.15) is 16.7 Å². The summed E-state index contributed by atoms with van der Waals surface area (Å²) in [5.74, 6) is 0.917.